The van der Waals surface area contributed by atoms with Crippen molar-refractivity contribution < 1.29 is 19.4 Å². The Morgan fingerprint density at radius 3 is 1.85 bits per heavy atom. The van der Waals surface area contributed by atoms with Crippen LogP contribution >= 0.6 is 54.5 Å². The van der Waals surface area contributed by atoms with E-state index in [1.165, 1.54) is 27.1 Å². The third kappa shape index (κ3) is 7.41. The number of fused-ring (bicyclic) bond motifs is 8. The molecule has 2 aliphatic carbocycles. The fraction of sp³-hybridized carbons (Fsp3) is 0.349. The summed E-state index contributed by atoms with van der Waals surface area (Å²) in [6.45, 7) is 5.46. The number of aliphatic imine (C=N–C) groups is 2. The van der Waals surface area contributed by atoms with E-state index in [-0.39, 0.29) is 23.8 Å². The summed E-state index contributed by atoms with van der Waals surface area (Å²) in [5.41, 5.74) is 9.05. The molecule has 13 nitrogen and oxygen atoms in total. The van der Waals surface area contributed by atoms with Crippen molar-refractivity contribution in [3.8, 4) is 0 Å². The number of amides is 1. The quantitative estimate of drug-likeness (QED) is 0.147. The fourth-order valence-corrected chi connectivity index (χ4v) is 12.3. The molecule has 306 valence electrons. The van der Waals surface area contributed by atoms with Crippen molar-refractivity contribution in [3.05, 3.63) is 89.0 Å². The minimum atomic E-state index is -0.716. The molecule has 0 unspecified atom stereocenters. The van der Waals surface area contributed by atoms with E-state index in [0.29, 0.717) is 32.6 Å². The molecule has 1 saturated heterocycles. The van der Waals surface area contributed by atoms with Gasteiger partial charge in [0.05, 0.1) is 60.4 Å². The number of halogens is 2. The number of hydrogen-bond acceptors (Lipinski definition) is 13. The maximum absolute atomic E-state index is 13.2. The lowest BCUT2D eigenvalue weighted by Crippen LogP contribution is -2.50. The van der Waals surface area contributed by atoms with Gasteiger partial charge in [-0.3, -0.25) is 19.6 Å². The largest absolute Gasteiger partial charge is 0.481 e. The van der Waals surface area contributed by atoms with E-state index in [2.05, 4.69) is 104 Å². The molecule has 6 aromatic rings. The molecule has 60 heavy (non-hydrogen) atoms. The Hall–Kier alpha value is -4.68. The second kappa shape index (κ2) is 16.3. The first-order chi connectivity index (χ1) is 29.2. The van der Waals surface area contributed by atoms with Gasteiger partial charge in [0.2, 0.25) is 5.91 Å². The number of nitrogens with one attached hydrogen (secondary N) is 2. The number of carbonyl (C=O) groups excluding carboxylic acids is 1. The number of hydrogen-bond donors (Lipinski definition) is 3. The minimum absolute atomic E-state index is 0.0284. The summed E-state index contributed by atoms with van der Waals surface area (Å²) < 4.78 is 7.48. The van der Waals surface area contributed by atoms with Gasteiger partial charge >= 0.3 is 5.97 Å². The molecule has 3 N–H and O–H groups in total. The highest BCUT2D eigenvalue weighted by atomic mass is 79.9. The Labute approximate surface area is 370 Å². The van der Waals surface area contributed by atoms with Gasteiger partial charge in [-0.25, -0.2) is 19.9 Å². The van der Waals surface area contributed by atoms with Crippen LogP contribution in [-0.2, 0) is 53.1 Å². The number of carboxylic acids is 1. The maximum Gasteiger partial charge on any atom is 0.306 e. The molecule has 4 aromatic heterocycles. The number of aliphatic carboxylic acids is 1. The molecule has 17 heteroatoms. The number of morpholine rings is 1. The highest BCUT2D eigenvalue weighted by Crippen LogP contribution is 2.43. The molecule has 3 aliphatic heterocycles. The van der Waals surface area contributed by atoms with Gasteiger partial charge in [-0.2, -0.15) is 0 Å². The van der Waals surface area contributed by atoms with Gasteiger partial charge < -0.3 is 25.4 Å². The summed E-state index contributed by atoms with van der Waals surface area (Å²) in [4.78, 5) is 57.6. The number of carboxylic acid groups (broad SMARTS) is 1. The summed E-state index contributed by atoms with van der Waals surface area (Å²) in [7, 11) is 0. The third-order valence-corrected chi connectivity index (χ3v) is 15.6. The lowest BCUT2D eigenvalue weighted by molar-refractivity contribution is -0.144. The fourth-order valence-electron chi connectivity index (χ4n) is 8.83. The molecule has 0 bridgehead atoms. The number of aryl methyl sites for hydroxylation is 2. The van der Waals surface area contributed by atoms with Crippen LogP contribution in [0.25, 0.3) is 20.4 Å². The molecule has 3 atom stereocenters. The van der Waals surface area contributed by atoms with Gasteiger partial charge in [-0.05, 0) is 135 Å². The molecule has 0 spiro atoms. The lowest BCUT2D eigenvalue weighted by atomic mass is 9.86. The molecule has 7 heterocycles. The van der Waals surface area contributed by atoms with Crippen LogP contribution in [-0.4, -0.2) is 80.0 Å². The molecule has 1 fully saturated rings. The van der Waals surface area contributed by atoms with Gasteiger partial charge in [-0.1, -0.05) is 0 Å². The average molecular weight is 970 g/mol. The predicted octanol–water partition coefficient (Wildman–Crippen LogP) is 8.80. The molecular weight excluding hydrogens is 930 g/mol. The number of benzene rings is 2. The number of ether oxygens (including phenoxy) is 1. The van der Waals surface area contributed by atoms with Crippen molar-refractivity contribution in [2.24, 2.45) is 21.8 Å². The van der Waals surface area contributed by atoms with E-state index in [4.69, 9.17) is 4.74 Å². The Kier molecular flexibility index (Phi) is 10.7. The van der Waals surface area contributed by atoms with Crippen molar-refractivity contribution in [1.29, 1.82) is 0 Å². The molecule has 5 aliphatic rings. The highest BCUT2D eigenvalue weighted by Gasteiger charge is 2.34. The van der Waals surface area contributed by atoms with Crippen LogP contribution in [0.5, 0.6) is 0 Å². The number of aromatic nitrogens is 4. The zero-order valence-corrected chi connectivity index (χ0v) is 37.3. The normalized spacial score (nSPS) is 20.0. The van der Waals surface area contributed by atoms with Gasteiger partial charge in [0, 0.05) is 43.6 Å². The third-order valence-electron chi connectivity index (χ3n) is 12.0. The van der Waals surface area contributed by atoms with Crippen LogP contribution in [0.15, 0.2) is 55.9 Å². The van der Waals surface area contributed by atoms with Crippen molar-refractivity contribution in [1.82, 2.24) is 24.8 Å². The summed E-state index contributed by atoms with van der Waals surface area (Å²) in [5, 5.41) is 18.4. The molecule has 0 saturated carbocycles. The first kappa shape index (κ1) is 39.5. The Morgan fingerprint density at radius 1 is 0.783 bits per heavy atom. The zero-order valence-electron chi connectivity index (χ0n) is 32.5. The van der Waals surface area contributed by atoms with Crippen LogP contribution < -0.4 is 10.6 Å². The molecule has 0 radical (unpaired) electrons. The van der Waals surface area contributed by atoms with E-state index >= 15 is 0 Å². The van der Waals surface area contributed by atoms with Gasteiger partial charge in [0.25, 0.3) is 0 Å². The molecule has 1 amide bonds. The van der Waals surface area contributed by atoms with E-state index < -0.39 is 5.97 Å². The number of nitrogens with zero attached hydrogens (tertiary/aromatic N) is 7. The number of rotatable bonds is 6. The summed E-state index contributed by atoms with van der Waals surface area (Å²) >= 11 is 10.6. The first-order valence-electron chi connectivity index (χ1n) is 20.0. The first-order valence-corrected chi connectivity index (χ1v) is 23.2. The van der Waals surface area contributed by atoms with Crippen molar-refractivity contribution in [2.45, 2.75) is 64.6 Å². The van der Waals surface area contributed by atoms with Crippen molar-refractivity contribution in [2.75, 3.05) is 30.4 Å². The Balaban J connectivity index is 0.000000147. The highest BCUT2D eigenvalue weighted by molar-refractivity contribution is 9.11. The zero-order chi connectivity index (χ0) is 41.1. The monoisotopic (exact) mass is 967 g/mol. The van der Waals surface area contributed by atoms with E-state index in [1.807, 2.05) is 17.3 Å². The van der Waals surface area contributed by atoms with Crippen molar-refractivity contribution >= 4 is 122 Å². The smallest absolute Gasteiger partial charge is 0.306 e. The molecule has 11 rings (SSSR count). The number of carbonyl (C=O) groups is 2. The number of thiophene rings is 2. The maximum atomic E-state index is 13.2. The summed E-state index contributed by atoms with van der Waals surface area (Å²) in [6.07, 6.45) is 11.5. The van der Waals surface area contributed by atoms with Crippen molar-refractivity contribution in [3.63, 3.8) is 0 Å². The van der Waals surface area contributed by atoms with Gasteiger partial charge in [0.15, 0.2) is 0 Å². The van der Waals surface area contributed by atoms with Crippen LogP contribution in [0.2, 0.25) is 0 Å². The predicted molar refractivity (Wildman–Crippen MR) is 243 cm³/mol. The standard InChI is InChI=1S/C24H24BrN5O2S.C19H15BrN4O2S/c1-13-11-32-5-4-30(13)24(31)14-2-3-17-20(8-14)33-23-21(17)22(27-12-28-23)29-19-7-16-10-26-9-15(16)6-18(19)25;20-13-3-10-6-21-7-11(10)4-14(13)24-17-16-12-2-1-9(19(25)26)5-15(12)27-18(16)23-8-22-17/h6-7,10,12-14H,2-5,8-9,11H2,1H3,(H,27,28,29);3-4,7-9H,1-2,5-6H2,(H,25,26)(H,22,23,24)/t13-,14+;9-/m10/s1. The summed E-state index contributed by atoms with van der Waals surface area (Å²) in [5.74, 6) is 0.857. The van der Waals surface area contributed by atoms with E-state index in [0.717, 1.165) is 107 Å². The van der Waals surface area contributed by atoms with Gasteiger partial charge in [0.1, 0.15) is 34.0 Å². The lowest BCUT2D eigenvalue weighted by Gasteiger charge is -2.36. The van der Waals surface area contributed by atoms with Gasteiger partial charge in [-0.15, -0.1) is 22.7 Å². The van der Waals surface area contributed by atoms with E-state index in [9.17, 15) is 14.7 Å². The van der Waals surface area contributed by atoms with Crippen LogP contribution in [0.1, 0.15) is 62.9 Å². The summed E-state index contributed by atoms with van der Waals surface area (Å²) in [6, 6.07) is 8.54. The molecular formula is C43H39Br2N9O4S2. The molecule has 2 aromatic carbocycles. The SMILES string of the molecule is C[C@@H]1COCCN1C(=O)[C@H]1CCc2c(sc3ncnc(Nc4cc5c(cc4Br)CN=C5)c23)C1.O=C(O)[C@H]1CCc2c(sc3ncnc(Nc4cc5c(cc4Br)CN=C5)c23)C1. The topological polar surface area (TPSA) is 167 Å². The Morgan fingerprint density at radius 2 is 1.32 bits per heavy atom. The van der Waals surface area contributed by atoms with Crippen LogP contribution in [0, 0.1) is 11.8 Å². The Bertz CT molecular complexity index is 2790. The number of anilines is 4. The van der Waals surface area contributed by atoms with Crippen LogP contribution in [0.4, 0.5) is 23.0 Å². The second-order valence-corrected chi connectivity index (χ2v) is 19.6. The van der Waals surface area contributed by atoms with E-state index in [1.54, 1.807) is 35.3 Å². The van der Waals surface area contributed by atoms with Crippen LogP contribution in [0.3, 0.4) is 0 Å². The minimum Gasteiger partial charge on any atom is -0.481 e. The average Bonchev–Trinajstić information content (AvgIpc) is 4.06. The second-order valence-electron chi connectivity index (χ2n) is 15.7.